The zero-order chi connectivity index (χ0) is 11.0. The van der Waals surface area contributed by atoms with Crippen molar-refractivity contribution in [2.75, 3.05) is 26.2 Å². The standard InChI is InChI=1S/C14H26N2/c1-12-8-13(9-12)16-7-3-5-14(11-16)4-2-6-15-10-14/h12-13,15H,2-11H2,1H3. The van der Waals surface area contributed by atoms with Crippen LogP contribution in [0.4, 0.5) is 0 Å². The predicted molar refractivity (Wildman–Crippen MR) is 67.5 cm³/mol. The van der Waals surface area contributed by atoms with E-state index in [4.69, 9.17) is 0 Å². The Labute approximate surface area is 99.8 Å². The van der Waals surface area contributed by atoms with Crippen LogP contribution < -0.4 is 5.32 Å². The molecule has 3 rings (SSSR count). The van der Waals surface area contributed by atoms with Gasteiger partial charge in [-0.15, -0.1) is 0 Å². The van der Waals surface area contributed by atoms with Gasteiger partial charge in [-0.1, -0.05) is 6.92 Å². The fourth-order valence-corrected chi connectivity index (χ4v) is 4.09. The van der Waals surface area contributed by atoms with Crippen LogP contribution in [0.1, 0.15) is 45.4 Å². The van der Waals surface area contributed by atoms with E-state index in [9.17, 15) is 0 Å². The number of nitrogens with zero attached hydrogens (tertiary/aromatic N) is 1. The fourth-order valence-electron chi connectivity index (χ4n) is 4.09. The second-order valence-electron chi connectivity index (χ2n) is 6.58. The second-order valence-corrected chi connectivity index (χ2v) is 6.58. The topological polar surface area (TPSA) is 15.3 Å². The Bertz CT molecular complexity index is 234. The normalized spacial score (nSPS) is 45.6. The Morgan fingerprint density at radius 1 is 1.19 bits per heavy atom. The van der Waals surface area contributed by atoms with Gasteiger partial charge in [-0.2, -0.15) is 0 Å². The molecule has 2 aliphatic heterocycles. The number of rotatable bonds is 1. The molecule has 0 aromatic rings. The van der Waals surface area contributed by atoms with Crippen molar-refractivity contribution in [3.8, 4) is 0 Å². The van der Waals surface area contributed by atoms with Crippen molar-refractivity contribution in [3.05, 3.63) is 0 Å². The molecule has 2 heterocycles. The molecular formula is C14H26N2. The van der Waals surface area contributed by atoms with E-state index in [-0.39, 0.29) is 0 Å². The van der Waals surface area contributed by atoms with Crippen LogP contribution in [0.25, 0.3) is 0 Å². The van der Waals surface area contributed by atoms with Crippen molar-refractivity contribution in [1.82, 2.24) is 10.2 Å². The zero-order valence-electron chi connectivity index (χ0n) is 10.7. The lowest BCUT2D eigenvalue weighted by Crippen LogP contribution is -2.55. The molecule has 1 spiro atoms. The van der Waals surface area contributed by atoms with Crippen molar-refractivity contribution in [2.24, 2.45) is 11.3 Å². The number of likely N-dealkylation sites (tertiary alicyclic amines) is 1. The third-order valence-electron chi connectivity index (χ3n) is 5.12. The monoisotopic (exact) mass is 222 g/mol. The number of nitrogens with one attached hydrogen (secondary N) is 1. The Hall–Kier alpha value is -0.0800. The lowest BCUT2D eigenvalue weighted by molar-refractivity contribution is -0.00215. The first kappa shape index (κ1) is 11.0. The van der Waals surface area contributed by atoms with Crippen LogP contribution in [0.3, 0.4) is 0 Å². The van der Waals surface area contributed by atoms with Gasteiger partial charge in [-0.3, -0.25) is 4.90 Å². The molecular weight excluding hydrogens is 196 g/mol. The maximum absolute atomic E-state index is 3.62. The van der Waals surface area contributed by atoms with Crippen LogP contribution >= 0.6 is 0 Å². The van der Waals surface area contributed by atoms with Gasteiger partial charge in [0.05, 0.1) is 0 Å². The number of hydrogen-bond acceptors (Lipinski definition) is 2. The summed E-state index contributed by atoms with van der Waals surface area (Å²) in [5, 5.41) is 3.62. The molecule has 3 fully saturated rings. The van der Waals surface area contributed by atoms with Gasteiger partial charge < -0.3 is 5.32 Å². The predicted octanol–water partition coefficient (Wildman–Crippen LogP) is 2.25. The summed E-state index contributed by atoms with van der Waals surface area (Å²) < 4.78 is 0. The molecule has 0 bridgehead atoms. The molecule has 1 aliphatic carbocycles. The van der Waals surface area contributed by atoms with E-state index in [0.717, 1.165) is 12.0 Å². The highest BCUT2D eigenvalue weighted by atomic mass is 15.2. The average molecular weight is 222 g/mol. The molecule has 0 amide bonds. The number of hydrogen-bond donors (Lipinski definition) is 1. The molecule has 1 atom stereocenters. The van der Waals surface area contributed by atoms with Gasteiger partial charge in [0.15, 0.2) is 0 Å². The van der Waals surface area contributed by atoms with Crippen LogP contribution in [-0.2, 0) is 0 Å². The minimum absolute atomic E-state index is 0.648. The van der Waals surface area contributed by atoms with Crippen molar-refractivity contribution >= 4 is 0 Å². The van der Waals surface area contributed by atoms with E-state index >= 15 is 0 Å². The van der Waals surface area contributed by atoms with E-state index in [0.29, 0.717) is 5.41 Å². The molecule has 92 valence electrons. The maximum Gasteiger partial charge on any atom is 0.0101 e. The maximum atomic E-state index is 3.62. The highest BCUT2D eigenvalue weighted by Gasteiger charge is 2.40. The Morgan fingerprint density at radius 2 is 2.00 bits per heavy atom. The third-order valence-corrected chi connectivity index (χ3v) is 5.12. The fraction of sp³-hybridized carbons (Fsp3) is 1.00. The van der Waals surface area contributed by atoms with Gasteiger partial charge in [0.25, 0.3) is 0 Å². The molecule has 1 saturated carbocycles. The summed E-state index contributed by atoms with van der Waals surface area (Å²) in [4.78, 5) is 2.82. The molecule has 2 heteroatoms. The Balaban J connectivity index is 1.60. The molecule has 0 aromatic carbocycles. The van der Waals surface area contributed by atoms with Crippen molar-refractivity contribution in [3.63, 3.8) is 0 Å². The molecule has 0 aromatic heterocycles. The van der Waals surface area contributed by atoms with E-state index < -0.39 is 0 Å². The highest BCUT2D eigenvalue weighted by molar-refractivity contribution is 4.95. The summed E-state index contributed by atoms with van der Waals surface area (Å²) in [5.41, 5.74) is 0.648. The Kier molecular flexibility index (Phi) is 2.97. The van der Waals surface area contributed by atoms with Crippen molar-refractivity contribution in [1.29, 1.82) is 0 Å². The summed E-state index contributed by atoms with van der Waals surface area (Å²) in [6.45, 7) is 7.70. The van der Waals surface area contributed by atoms with E-state index in [1.54, 1.807) is 0 Å². The first-order valence-corrected chi connectivity index (χ1v) is 7.22. The molecule has 16 heavy (non-hydrogen) atoms. The second kappa shape index (κ2) is 4.30. The number of piperidine rings is 2. The summed E-state index contributed by atoms with van der Waals surface area (Å²) >= 11 is 0. The molecule has 1 unspecified atom stereocenters. The zero-order valence-corrected chi connectivity index (χ0v) is 10.7. The van der Waals surface area contributed by atoms with Crippen LogP contribution in [0.2, 0.25) is 0 Å². The van der Waals surface area contributed by atoms with Gasteiger partial charge in [-0.25, -0.2) is 0 Å². The lowest BCUT2D eigenvalue weighted by Gasteiger charge is -2.51. The third kappa shape index (κ3) is 2.02. The van der Waals surface area contributed by atoms with Crippen LogP contribution in [0.15, 0.2) is 0 Å². The lowest BCUT2D eigenvalue weighted by atomic mass is 9.72. The van der Waals surface area contributed by atoms with Crippen LogP contribution in [-0.4, -0.2) is 37.1 Å². The molecule has 1 N–H and O–H groups in total. The molecule has 0 radical (unpaired) electrons. The largest absolute Gasteiger partial charge is 0.316 e. The Morgan fingerprint density at radius 3 is 2.69 bits per heavy atom. The van der Waals surface area contributed by atoms with Crippen LogP contribution in [0.5, 0.6) is 0 Å². The van der Waals surface area contributed by atoms with Gasteiger partial charge in [0.2, 0.25) is 0 Å². The van der Waals surface area contributed by atoms with Crippen molar-refractivity contribution in [2.45, 2.75) is 51.5 Å². The minimum Gasteiger partial charge on any atom is -0.316 e. The highest BCUT2D eigenvalue weighted by Crippen LogP contribution is 2.40. The molecule has 2 nitrogen and oxygen atoms in total. The van der Waals surface area contributed by atoms with Gasteiger partial charge in [0, 0.05) is 19.1 Å². The van der Waals surface area contributed by atoms with Gasteiger partial charge >= 0.3 is 0 Å². The first-order valence-electron chi connectivity index (χ1n) is 7.22. The van der Waals surface area contributed by atoms with Gasteiger partial charge in [0.1, 0.15) is 0 Å². The summed E-state index contributed by atoms with van der Waals surface area (Å²) in [5.74, 6) is 0.993. The van der Waals surface area contributed by atoms with E-state index in [1.165, 1.54) is 64.7 Å². The average Bonchev–Trinajstić information content (AvgIpc) is 2.26. The summed E-state index contributed by atoms with van der Waals surface area (Å²) in [6.07, 6.45) is 8.70. The smallest absolute Gasteiger partial charge is 0.0101 e. The SMILES string of the molecule is CC1CC(N2CCCC3(CCCNC3)C2)C1. The van der Waals surface area contributed by atoms with E-state index in [1.807, 2.05) is 0 Å². The molecule has 2 saturated heterocycles. The van der Waals surface area contributed by atoms with Crippen LogP contribution in [0, 0.1) is 11.3 Å². The quantitative estimate of drug-likeness (QED) is 0.732. The first-order chi connectivity index (χ1) is 7.77. The van der Waals surface area contributed by atoms with Gasteiger partial charge in [-0.05, 0) is 62.9 Å². The summed E-state index contributed by atoms with van der Waals surface area (Å²) in [7, 11) is 0. The van der Waals surface area contributed by atoms with Crippen molar-refractivity contribution < 1.29 is 0 Å². The summed E-state index contributed by atoms with van der Waals surface area (Å²) in [6, 6.07) is 0.939. The minimum atomic E-state index is 0.648. The van der Waals surface area contributed by atoms with E-state index in [2.05, 4.69) is 17.1 Å². The molecule has 3 aliphatic rings.